The van der Waals surface area contributed by atoms with Crippen molar-refractivity contribution in [1.29, 1.82) is 0 Å². The van der Waals surface area contributed by atoms with Gasteiger partial charge >= 0.3 is 0 Å². The molecule has 0 spiro atoms. The van der Waals surface area contributed by atoms with Gasteiger partial charge in [0.2, 0.25) is 11.8 Å². The molecule has 3 atom stereocenters. The van der Waals surface area contributed by atoms with Crippen molar-refractivity contribution in [3.8, 4) is 0 Å². The van der Waals surface area contributed by atoms with Crippen LogP contribution in [0.2, 0.25) is 0 Å². The Bertz CT molecular complexity index is 378. The van der Waals surface area contributed by atoms with E-state index in [-0.39, 0.29) is 17.9 Å². The van der Waals surface area contributed by atoms with Crippen LogP contribution < -0.4 is 5.32 Å². The maximum Gasteiger partial charge on any atom is 0.244 e. The molecule has 2 amide bonds. The highest BCUT2D eigenvalue weighted by Crippen LogP contribution is 2.26. The Morgan fingerprint density at radius 1 is 1.29 bits per heavy atom. The molecule has 0 bridgehead atoms. The van der Waals surface area contributed by atoms with Crippen LogP contribution in [0.1, 0.15) is 39.0 Å². The van der Waals surface area contributed by atoms with Crippen molar-refractivity contribution in [3.05, 3.63) is 0 Å². The van der Waals surface area contributed by atoms with E-state index in [1.54, 1.807) is 19.0 Å². The first-order valence-corrected chi connectivity index (χ1v) is 8.22. The van der Waals surface area contributed by atoms with E-state index in [0.29, 0.717) is 18.3 Å². The third-order valence-electron chi connectivity index (χ3n) is 4.94. The third-order valence-corrected chi connectivity index (χ3v) is 4.94. The zero-order valence-corrected chi connectivity index (χ0v) is 13.6. The minimum Gasteiger partial charge on any atom is -0.347 e. The van der Waals surface area contributed by atoms with Crippen LogP contribution in [0.5, 0.6) is 0 Å². The number of hydrogen-bond donors (Lipinski definition) is 1. The Hall–Kier alpha value is -1.10. The Balaban J connectivity index is 1.90. The standard InChI is InChI=1S/C16H29N3O2/c1-12(13-6-4-8-17-11-13)10-15(20)19-9-5-7-14(19)16(21)18(2)3/h12-14,17H,4-11H2,1-3H3. The lowest BCUT2D eigenvalue weighted by atomic mass is 9.85. The van der Waals surface area contributed by atoms with Crippen molar-refractivity contribution in [3.63, 3.8) is 0 Å². The number of nitrogens with zero attached hydrogens (tertiary/aromatic N) is 2. The lowest BCUT2D eigenvalue weighted by Gasteiger charge is -2.31. The summed E-state index contributed by atoms with van der Waals surface area (Å²) in [7, 11) is 3.53. The molecule has 21 heavy (non-hydrogen) atoms. The fraction of sp³-hybridized carbons (Fsp3) is 0.875. The number of carbonyl (C=O) groups is 2. The van der Waals surface area contributed by atoms with Crippen molar-refractivity contribution < 1.29 is 9.59 Å². The zero-order chi connectivity index (χ0) is 15.4. The predicted molar refractivity (Wildman–Crippen MR) is 82.8 cm³/mol. The van der Waals surface area contributed by atoms with E-state index in [4.69, 9.17) is 0 Å². The molecular formula is C16H29N3O2. The molecule has 5 heteroatoms. The van der Waals surface area contributed by atoms with Crippen LogP contribution in [0.4, 0.5) is 0 Å². The molecule has 0 saturated carbocycles. The summed E-state index contributed by atoms with van der Waals surface area (Å²) in [6.45, 7) is 5.03. The fourth-order valence-electron chi connectivity index (χ4n) is 3.54. The molecule has 2 fully saturated rings. The smallest absolute Gasteiger partial charge is 0.244 e. The molecule has 0 aliphatic carbocycles. The Morgan fingerprint density at radius 3 is 2.67 bits per heavy atom. The molecule has 0 aromatic heterocycles. The summed E-state index contributed by atoms with van der Waals surface area (Å²) >= 11 is 0. The number of hydrogen-bond acceptors (Lipinski definition) is 3. The molecule has 1 N–H and O–H groups in total. The second-order valence-corrected chi connectivity index (χ2v) is 6.77. The van der Waals surface area contributed by atoms with Gasteiger partial charge in [-0.05, 0) is 50.6 Å². The number of likely N-dealkylation sites (tertiary alicyclic amines) is 1. The maximum absolute atomic E-state index is 12.6. The van der Waals surface area contributed by atoms with Crippen LogP contribution in [0, 0.1) is 11.8 Å². The second-order valence-electron chi connectivity index (χ2n) is 6.77. The lowest BCUT2D eigenvalue weighted by molar-refractivity contribution is -0.143. The minimum absolute atomic E-state index is 0.0628. The van der Waals surface area contributed by atoms with Gasteiger partial charge in [0.1, 0.15) is 6.04 Å². The van der Waals surface area contributed by atoms with Gasteiger partial charge < -0.3 is 15.1 Å². The van der Waals surface area contributed by atoms with Crippen LogP contribution in [0.3, 0.4) is 0 Å². The van der Waals surface area contributed by atoms with E-state index in [9.17, 15) is 9.59 Å². The highest BCUT2D eigenvalue weighted by molar-refractivity contribution is 5.88. The number of likely N-dealkylation sites (N-methyl/N-ethyl adjacent to an activating group) is 1. The highest BCUT2D eigenvalue weighted by atomic mass is 16.2. The summed E-state index contributed by atoms with van der Waals surface area (Å²) in [5, 5.41) is 3.41. The Morgan fingerprint density at radius 2 is 2.05 bits per heavy atom. The van der Waals surface area contributed by atoms with E-state index in [1.165, 1.54) is 12.8 Å². The lowest BCUT2D eigenvalue weighted by Crippen LogP contribution is -2.46. The van der Waals surface area contributed by atoms with Crippen LogP contribution in [0.25, 0.3) is 0 Å². The summed E-state index contributed by atoms with van der Waals surface area (Å²) in [5.74, 6) is 1.20. The summed E-state index contributed by atoms with van der Waals surface area (Å²) in [4.78, 5) is 28.2. The van der Waals surface area contributed by atoms with Crippen molar-refractivity contribution in [1.82, 2.24) is 15.1 Å². The molecule has 5 nitrogen and oxygen atoms in total. The molecule has 2 heterocycles. The highest BCUT2D eigenvalue weighted by Gasteiger charge is 2.35. The average molecular weight is 295 g/mol. The molecule has 0 aromatic rings. The van der Waals surface area contributed by atoms with E-state index in [2.05, 4.69) is 12.2 Å². The molecule has 0 radical (unpaired) electrons. The summed E-state index contributed by atoms with van der Waals surface area (Å²) in [6.07, 6.45) is 4.73. The van der Waals surface area contributed by atoms with Crippen LogP contribution in [-0.4, -0.2) is 61.4 Å². The largest absolute Gasteiger partial charge is 0.347 e. The number of rotatable bonds is 4. The van der Waals surface area contributed by atoms with Crippen molar-refractivity contribution in [2.24, 2.45) is 11.8 Å². The summed E-state index contributed by atoms with van der Waals surface area (Å²) in [6, 6.07) is -0.232. The second kappa shape index (κ2) is 7.25. The van der Waals surface area contributed by atoms with E-state index in [1.807, 2.05) is 4.90 Å². The van der Waals surface area contributed by atoms with Gasteiger partial charge in [0, 0.05) is 27.1 Å². The molecule has 2 saturated heterocycles. The first kappa shape index (κ1) is 16.3. The number of carbonyl (C=O) groups excluding carboxylic acids is 2. The van der Waals surface area contributed by atoms with Crippen molar-refractivity contribution >= 4 is 11.8 Å². The predicted octanol–water partition coefficient (Wildman–Crippen LogP) is 1.09. The van der Waals surface area contributed by atoms with E-state index in [0.717, 1.165) is 32.5 Å². The summed E-state index contributed by atoms with van der Waals surface area (Å²) < 4.78 is 0. The first-order valence-electron chi connectivity index (χ1n) is 8.22. The minimum atomic E-state index is -0.232. The normalized spacial score (nSPS) is 27.5. The van der Waals surface area contributed by atoms with Crippen LogP contribution in [0.15, 0.2) is 0 Å². The molecule has 3 unspecified atom stereocenters. The summed E-state index contributed by atoms with van der Waals surface area (Å²) in [5.41, 5.74) is 0. The fourth-order valence-corrected chi connectivity index (χ4v) is 3.54. The van der Waals surface area contributed by atoms with Crippen LogP contribution in [-0.2, 0) is 9.59 Å². The average Bonchev–Trinajstić information content (AvgIpc) is 2.96. The van der Waals surface area contributed by atoms with Gasteiger partial charge in [0.15, 0.2) is 0 Å². The van der Waals surface area contributed by atoms with E-state index < -0.39 is 0 Å². The topological polar surface area (TPSA) is 52.7 Å². The number of amides is 2. The monoisotopic (exact) mass is 295 g/mol. The van der Waals surface area contributed by atoms with Gasteiger partial charge in [0.05, 0.1) is 0 Å². The Labute approximate surface area is 128 Å². The molecule has 2 rings (SSSR count). The quantitative estimate of drug-likeness (QED) is 0.845. The van der Waals surface area contributed by atoms with Gasteiger partial charge in [-0.2, -0.15) is 0 Å². The number of nitrogens with one attached hydrogen (secondary N) is 1. The van der Waals surface area contributed by atoms with Gasteiger partial charge in [-0.25, -0.2) is 0 Å². The molecule has 0 aromatic carbocycles. The van der Waals surface area contributed by atoms with E-state index >= 15 is 0 Å². The van der Waals surface area contributed by atoms with Crippen LogP contribution >= 0.6 is 0 Å². The zero-order valence-electron chi connectivity index (χ0n) is 13.6. The first-order chi connectivity index (χ1) is 10.0. The van der Waals surface area contributed by atoms with Gasteiger partial charge in [-0.15, -0.1) is 0 Å². The van der Waals surface area contributed by atoms with Crippen molar-refractivity contribution in [2.75, 3.05) is 33.7 Å². The Kier molecular flexibility index (Phi) is 5.62. The van der Waals surface area contributed by atoms with Gasteiger partial charge in [0.25, 0.3) is 0 Å². The van der Waals surface area contributed by atoms with Gasteiger partial charge in [-0.1, -0.05) is 6.92 Å². The SMILES string of the molecule is CC(CC(=O)N1CCCC1C(=O)N(C)C)C1CCCNC1. The number of piperidine rings is 1. The molecule has 2 aliphatic heterocycles. The molecule has 2 aliphatic rings. The third kappa shape index (κ3) is 3.96. The van der Waals surface area contributed by atoms with Crippen molar-refractivity contribution in [2.45, 2.75) is 45.1 Å². The maximum atomic E-state index is 12.6. The molecule has 120 valence electrons. The molecular weight excluding hydrogens is 266 g/mol. The van der Waals surface area contributed by atoms with Gasteiger partial charge in [-0.3, -0.25) is 9.59 Å².